The summed E-state index contributed by atoms with van der Waals surface area (Å²) in [5.41, 5.74) is 0.980. The summed E-state index contributed by atoms with van der Waals surface area (Å²) in [6.45, 7) is 0.628. The second kappa shape index (κ2) is 6.20. The fraction of sp³-hybridized carbons (Fsp3) is 0.556. The molecule has 1 aromatic rings. The van der Waals surface area contributed by atoms with Gasteiger partial charge in [-0.05, 0) is 32.3 Å². The van der Waals surface area contributed by atoms with E-state index in [0.29, 0.717) is 23.5 Å². The number of likely N-dealkylation sites (tertiary alicyclic amines) is 1. The first-order valence-corrected chi connectivity index (χ1v) is 10.6. The molecular weight excluding hydrogens is 370 g/mol. The van der Waals surface area contributed by atoms with Crippen LogP contribution in [0.3, 0.4) is 0 Å². The van der Waals surface area contributed by atoms with Gasteiger partial charge in [-0.25, -0.2) is 8.42 Å². The number of nitrogens with zero attached hydrogens (tertiary/aromatic N) is 3. The number of hydrogen-bond acceptors (Lipinski definition) is 6. The van der Waals surface area contributed by atoms with Crippen LogP contribution in [0.25, 0.3) is 0 Å². The Labute approximate surface area is 158 Å². The topological polar surface area (TPSA) is 87.2 Å². The molecule has 0 spiro atoms. The van der Waals surface area contributed by atoms with E-state index in [1.165, 1.54) is 4.90 Å². The molecule has 146 valence electrons. The van der Waals surface area contributed by atoms with Crippen molar-refractivity contribution in [2.45, 2.75) is 11.3 Å². The molecule has 3 heterocycles. The first-order chi connectivity index (χ1) is 12.7. The van der Waals surface area contributed by atoms with E-state index >= 15 is 0 Å². The fourth-order valence-electron chi connectivity index (χ4n) is 4.32. The van der Waals surface area contributed by atoms with Crippen LogP contribution in [0, 0.1) is 5.92 Å². The second-order valence-electron chi connectivity index (χ2n) is 7.70. The molecule has 0 N–H and O–H groups in total. The fourth-order valence-corrected chi connectivity index (χ4v) is 6.80. The van der Waals surface area contributed by atoms with Crippen LogP contribution in [0.5, 0.6) is 5.75 Å². The molecule has 3 atom stereocenters. The minimum atomic E-state index is -3.21. The molecule has 3 aliphatic rings. The third kappa shape index (κ3) is 2.89. The average Bonchev–Trinajstić information content (AvgIpc) is 3.17. The van der Waals surface area contributed by atoms with E-state index in [0.717, 1.165) is 0 Å². The van der Waals surface area contributed by atoms with Gasteiger partial charge in [0, 0.05) is 37.7 Å². The van der Waals surface area contributed by atoms with E-state index < -0.39 is 15.1 Å². The Kier molecular flexibility index (Phi) is 4.19. The molecule has 2 amide bonds. The maximum absolute atomic E-state index is 13.0. The van der Waals surface area contributed by atoms with Crippen LogP contribution in [0.2, 0.25) is 0 Å². The number of carbonyl (C=O) groups is 2. The number of amides is 2. The summed E-state index contributed by atoms with van der Waals surface area (Å²) in [6, 6.07) is 4.91. The highest BCUT2D eigenvalue weighted by molar-refractivity contribution is 7.92. The summed E-state index contributed by atoms with van der Waals surface area (Å²) >= 11 is 0. The number of likely N-dealkylation sites (N-methyl/N-ethyl adjacent to an activating group) is 1. The van der Waals surface area contributed by atoms with Crippen molar-refractivity contribution >= 4 is 27.3 Å². The Bertz CT molecular complexity index is 914. The van der Waals surface area contributed by atoms with E-state index in [1.807, 2.05) is 19.0 Å². The standard InChI is InChI=1S/C18H23N3O5S/c1-19(2)14-10-27(24,25)16-8-21(7-12(14)16)18(23)11-4-5-15-13(6-11)20(3)17(22)9-26-15/h4-6,12,14,16H,7-10H2,1-3H3/t12-,14+,16-/m0/s1. The van der Waals surface area contributed by atoms with Gasteiger partial charge in [0.05, 0.1) is 16.7 Å². The lowest BCUT2D eigenvalue weighted by Gasteiger charge is -2.27. The van der Waals surface area contributed by atoms with Crippen LogP contribution in [0.1, 0.15) is 10.4 Å². The van der Waals surface area contributed by atoms with Crippen molar-refractivity contribution in [2.75, 3.05) is 51.5 Å². The molecule has 8 nitrogen and oxygen atoms in total. The average molecular weight is 393 g/mol. The molecule has 0 radical (unpaired) electrons. The first kappa shape index (κ1) is 18.2. The third-order valence-corrected chi connectivity index (χ3v) is 8.14. The normalized spacial score (nSPS) is 28.9. The van der Waals surface area contributed by atoms with Crippen molar-refractivity contribution in [2.24, 2.45) is 5.92 Å². The van der Waals surface area contributed by atoms with Crippen molar-refractivity contribution in [3.05, 3.63) is 23.8 Å². The highest BCUT2D eigenvalue weighted by Crippen LogP contribution is 2.37. The Morgan fingerprint density at radius 3 is 2.70 bits per heavy atom. The largest absolute Gasteiger partial charge is 0.482 e. The summed E-state index contributed by atoms with van der Waals surface area (Å²) in [5, 5.41) is -0.501. The molecule has 4 rings (SSSR count). The van der Waals surface area contributed by atoms with Gasteiger partial charge in [0.15, 0.2) is 16.4 Å². The summed E-state index contributed by atoms with van der Waals surface area (Å²) in [4.78, 5) is 29.9. The molecule has 2 saturated heterocycles. The van der Waals surface area contributed by atoms with Crippen LogP contribution >= 0.6 is 0 Å². The summed E-state index contributed by atoms with van der Waals surface area (Å²) < 4.78 is 30.4. The van der Waals surface area contributed by atoms with E-state index in [2.05, 4.69) is 0 Å². The number of sulfone groups is 1. The van der Waals surface area contributed by atoms with Gasteiger partial charge in [0.25, 0.3) is 11.8 Å². The molecule has 3 aliphatic heterocycles. The zero-order chi connectivity index (χ0) is 19.5. The quantitative estimate of drug-likeness (QED) is 0.694. The van der Waals surface area contributed by atoms with Crippen molar-refractivity contribution in [3.8, 4) is 5.75 Å². The number of ether oxygens (including phenoxy) is 1. The molecule has 27 heavy (non-hydrogen) atoms. The minimum Gasteiger partial charge on any atom is -0.482 e. The number of carbonyl (C=O) groups excluding carboxylic acids is 2. The minimum absolute atomic E-state index is 0.0178. The third-order valence-electron chi connectivity index (χ3n) is 5.91. The van der Waals surface area contributed by atoms with Crippen molar-refractivity contribution in [1.82, 2.24) is 9.80 Å². The summed E-state index contributed by atoms with van der Waals surface area (Å²) in [5.74, 6) is 0.246. The van der Waals surface area contributed by atoms with E-state index in [-0.39, 0.29) is 42.7 Å². The number of benzene rings is 1. The highest BCUT2D eigenvalue weighted by atomic mass is 32.2. The van der Waals surface area contributed by atoms with Crippen LogP contribution < -0.4 is 9.64 Å². The van der Waals surface area contributed by atoms with E-state index in [9.17, 15) is 18.0 Å². The van der Waals surface area contributed by atoms with Gasteiger partial charge in [-0.3, -0.25) is 9.59 Å². The van der Waals surface area contributed by atoms with Gasteiger partial charge < -0.3 is 19.4 Å². The molecule has 0 aromatic heterocycles. The van der Waals surface area contributed by atoms with Gasteiger partial charge in [0.2, 0.25) is 0 Å². The maximum Gasteiger partial charge on any atom is 0.264 e. The zero-order valence-electron chi connectivity index (χ0n) is 15.6. The highest BCUT2D eigenvalue weighted by Gasteiger charge is 2.53. The smallest absolute Gasteiger partial charge is 0.264 e. The van der Waals surface area contributed by atoms with Crippen LogP contribution in [0.4, 0.5) is 5.69 Å². The van der Waals surface area contributed by atoms with Crippen LogP contribution in [-0.4, -0.2) is 87.9 Å². The molecular formula is C18H23N3O5S. The van der Waals surface area contributed by atoms with E-state index in [1.54, 1.807) is 30.1 Å². The van der Waals surface area contributed by atoms with Crippen molar-refractivity contribution in [1.29, 1.82) is 0 Å². The molecule has 0 aliphatic carbocycles. The Morgan fingerprint density at radius 1 is 1.26 bits per heavy atom. The molecule has 0 bridgehead atoms. The molecule has 1 aromatic carbocycles. The van der Waals surface area contributed by atoms with Gasteiger partial charge in [0.1, 0.15) is 5.75 Å². The lowest BCUT2D eigenvalue weighted by molar-refractivity contribution is -0.120. The SMILES string of the molecule is CN1C(=O)COc2ccc(C(=O)N3C[C@H]4[C@H](N(C)C)CS(=O)(=O)[C@H]4C3)cc21. The van der Waals surface area contributed by atoms with Crippen LogP contribution in [-0.2, 0) is 14.6 Å². The predicted molar refractivity (Wildman–Crippen MR) is 99.8 cm³/mol. The zero-order valence-corrected chi connectivity index (χ0v) is 16.4. The van der Waals surface area contributed by atoms with Gasteiger partial charge in [-0.2, -0.15) is 0 Å². The molecule has 0 saturated carbocycles. The number of rotatable bonds is 2. The predicted octanol–water partition coefficient (Wildman–Crippen LogP) is -0.159. The van der Waals surface area contributed by atoms with Crippen LogP contribution in [0.15, 0.2) is 18.2 Å². The lowest BCUT2D eigenvalue weighted by atomic mass is 10.00. The number of hydrogen-bond donors (Lipinski definition) is 0. The molecule has 9 heteroatoms. The van der Waals surface area contributed by atoms with E-state index in [4.69, 9.17) is 4.74 Å². The number of fused-ring (bicyclic) bond motifs is 2. The van der Waals surface area contributed by atoms with Gasteiger partial charge in [-0.15, -0.1) is 0 Å². The Morgan fingerprint density at radius 2 is 2.00 bits per heavy atom. The van der Waals surface area contributed by atoms with Gasteiger partial charge >= 0.3 is 0 Å². The number of anilines is 1. The first-order valence-electron chi connectivity index (χ1n) is 8.89. The van der Waals surface area contributed by atoms with Crippen molar-refractivity contribution in [3.63, 3.8) is 0 Å². The monoisotopic (exact) mass is 393 g/mol. The summed E-state index contributed by atoms with van der Waals surface area (Å²) in [7, 11) is 2.20. The Hall–Kier alpha value is -2.13. The molecule has 2 fully saturated rings. The summed E-state index contributed by atoms with van der Waals surface area (Å²) in [6.07, 6.45) is 0. The maximum atomic E-state index is 13.0. The van der Waals surface area contributed by atoms with Gasteiger partial charge in [-0.1, -0.05) is 0 Å². The molecule has 0 unspecified atom stereocenters. The van der Waals surface area contributed by atoms with Crippen molar-refractivity contribution < 1.29 is 22.7 Å². The Balaban J connectivity index is 1.59. The lowest BCUT2D eigenvalue weighted by Crippen LogP contribution is -2.39. The second-order valence-corrected chi connectivity index (χ2v) is 9.96.